The van der Waals surface area contributed by atoms with Gasteiger partial charge in [0.2, 0.25) is 11.8 Å². The second kappa shape index (κ2) is 6.57. The highest BCUT2D eigenvalue weighted by Crippen LogP contribution is 2.17. The maximum absolute atomic E-state index is 12.2. The molecule has 8 nitrogen and oxygen atoms in total. The highest BCUT2D eigenvalue weighted by Gasteiger charge is 2.27. The van der Waals surface area contributed by atoms with Crippen molar-refractivity contribution in [3.8, 4) is 0 Å². The van der Waals surface area contributed by atoms with Crippen LogP contribution in [0.15, 0.2) is 17.2 Å². The maximum Gasteiger partial charge on any atom is 0.328 e. The van der Waals surface area contributed by atoms with Gasteiger partial charge in [0.25, 0.3) is 0 Å². The van der Waals surface area contributed by atoms with E-state index in [1.807, 2.05) is 6.92 Å². The molecule has 3 N–H and O–H groups in total. The lowest BCUT2D eigenvalue weighted by atomic mass is 9.96. The number of nitrogens with zero attached hydrogens (tertiary/aromatic N) is 3. The van der Waals surface area contributed by atoms with E-state index in [0.717, 1.165) is 0 Å². The fraction of sp³-hybridized carbons (Fsp3) is 0.615. The Balaban J connectivity index is 1.92. The van der Waals surface area contributed by atoms with Crippen LogP contribution in [-0.4, -0.2) is 38.9 Å². The molecule has 0 spiro atoms. The number of hydrogen-bond donors (Lipinski definition) is 2. The Kier molecular flexibility index (Phi) is 4.79. The molecule has 2 rings (SSSR count). The first-order valence-electron chi connectivity index (χ1n) is 7.10. The van der Waals surface area contributed by atoms with E-state index in [1.165, 1.54) is 4.57 Å². The number of imidazole rings is 1. The van der Waals surface area contributed by atoms with Crippen LogP contribution in [0.4, 0.5) is 0 Å². The number of piperidine rings is 1. The molecule has 0 aromatic carbocycles. The van der Waals surface area contributed by atoms with E-state index in [1.54, 1.807) is 21.9 Å². The van der Waals surface area contributed by atoms with Crippen molar-refractivity contribution in [1.29, 1.82) is 0 Å². The van der Waals surface area contributed by atoms with Crippen LogP contribution in [0.5, 0.6) is 0 Å². The third-order valence-electron chi connectivity index (χ3n) is 3.92. The van der Waals surface area contributed by atoms with Crippen molar-refractivity contribution in [2.24, 2.45) is 11.8 Å². The molecule has 1 saturated heterocycles. The number of likely N-dealkylation sites (tertiary alicyclic amines) is 1. The van der Waals surface area contributed by atoms with Crippen molar-refractivity contribution in [3.63, 3.8) is 0 Å². The Hall–Kier alpha value is -2.09. The maximum atomic E-state index is 12.2. The molecule has 2 amide bonds. The van der Waals surface area contributed by atoms with Crippen molar-refractivity contribution in [2.45, 2.75) is 32.9 Å². The molecule has 1 fully saturated rings. The Morgan fingerprint density at radius 2 is 1.90 bits per heavy atom. The Bertz CT molecular complexity index is 569. The van der Waals surface area contributed by atoms with Gasteiger partial charge < -0.3 is 4.90 Å². The number of hydrazine groups is 1. The van der Waals surface area contributed by atoms with Crippen molar-refractivity contribution < 1.29 is 9.59 Å². The topological polar surface area (TPSA) is 102 Å². The lowest BCUT2D eigenvalue weighted by Crippen LogP contribution is -2.45. The third kappa shape index (κ3) is 3.33. The zero-order valence-electron chi connectivity index (χ0n) is 12.1. The van der Waals surface area contributed by atoms with Crippen LogP contribution in [-0.2, 0) is 22.7 Å². The Labute approximate surface area is 122 Å². The summed E-state index contributed by atoms with van der Waals surface area (Å²) in [6, 6.07) is 0. The van der Waals surface area contributed by atoms with Crippen LogP contribution in [0.3, 0.4) is 0 Å². The molecule has 1 aromatic heterocycles. The minimum absolute atomic E-state index is 0.0413. The first kappa shape index (κ1) is 15.3. The zero-order chi connectivity index (χ0) is 15.4. The van der Waals surface area contributed by atoms with E-state index in [2.05, 4.69) is 5.43 Å². The second-order valence-corrected chi connectivity index (χ2v) is 5.16. The molecular weight excluding hydrogens is 274 g/mol. The first-order chi connectivity index (χ1) is 10.1. The van der Waals surface area contributed by atoms with Crippen LogP contribution in [0.1, 0.15) is 19.8 Å². The molecule has 0 bridgehead atoms. The minimum Gasteiger partial charge on any atom is -0.341 e. The SMILES string of the molecule is CCn1ccn(CC(=O)N2CCC(C(=O)NN)CC2)c1=O. The third-order valence-corrected chi connectivity index (χ3v) is 3.92. The molecule has 1 aliphatic rings. The summed E-state index contributed by atoms with van der Waals surface area (Å²) in [5.41, 5.74) is 1.97. The van der Waals surface area contributed by atoms with Crippen LogP contribution in [0.25, 0.3) is 0 Å². The van der Waals surface area contributed by atoms with Gasteiger partial charge >= 0.3 is 5.69 Å². The lowest BCUT2D eigenvalue weighted by molar-refractivity contribution is -0.136. The zero-order valence-corrected chi connectivity index (χ0v) is 12.1. The molecule has 0 unspecified atom stereocenters. The van der Waals surface area contributed by atoms with Crippen LogP contribution in [0.2, 0.25) is 0 Å². The quantitative estimate of drug-likeness (QED) is 0.418. The van der Waals surface area contributed by atoms with Gasteiger partial charge in [0.15, 0.2) is 0 Å². The number of carbonyl (C=O) groups excluding carboxylic acids is 2. The lowest BCUT2D eigenvalue weighted by Gasteiger charge is -2.31. The Morgan fingerprint density at radius 1 is 1.29 bits per heavy atom. The van der Waals surface area contributed by atoms with Gasteiger partial charge in [-0.15, -0.1) is 0 Å². The predicted molar refractivity (Wildman–Crippen MR) is 76.0 cm³/mol. The minimum atomic E-state index is -0.182. The van der Waals surface area contributed by atoms with Gasteiger partial charge in [-0.25, -0.2) is 10.6 Å². The van der Waals surface area contributed by atoms with Crippen molar-refractivity contribution in [1.82, 2.24) is 19.5 Å². The number of aryl methyl sites for hydroxylation is 1. The summed E-state index contributed by atoms with van der Waals surface area (Å²) in [4.78, 5) is 37.2. The summed E-state index contributed by atoms with van der Waals surface area (Å²) in [6.45, 7) is 3.53. The summed E-state index contributed by atoms with van der Waals surface area (Å²) in [6.07, 6.45) is 4.49. The fourth-order valence-electron chi connectivity index (χ4n) is 2.57. The fourth-order valence-corrected chi connectivity index (χ4v) is 2.57. The molecule has 0 aliphatic carbocycles. The number of carbonyl (C=O) groups is 2. The molecule has 1 aliphatic heterocycles. The highest BCUT2D eigenvalue weighted by atomic mass is 16.2. The molecule has 0 saturated carbocycles. The molecular formula is C13H21N5O3. The van der Waals surface area contributed by atoms with Crippen molar-refractivity contribution in [3.05, 3.63) is 22.9 Å². The largest absolute Gasteiger partial charge is 0.341 e. The molecule has 2 heterocycles. The normalized spacial score (nSPS) is 16.0. The van der Waals surface area contributed by atoms with E-state index in [9.17, 15) is 14.4 Å². The van der Waals surface area contributed by atoms with E-state index in [4.69, 9.17) is 5.84 Å². The molecule has 0 radical (unpaired) electrons. The van der Waals surface area contributed by atoms with E-state index >= 15 is 0 Å². The van der Waals surface area contributed by atoms with Gasteiger partial charge in [0.05, 0.1) is 0 Å². The number of aromatic nitrogens is 2. The van der Waals surface area contributed by atoms with Crippen LogP contribution in [0, 0.1) is 5.92 Å². The van der Waals surface area contributed by atoms with Gasteiger partial charge in [0.1, 0.15) is 6.54 Å². The Morgan fingerprint density at radius 3 is 2.43 bits per heavy atom. The van der Waals surface area contributed by atoms with Gasteiger partial charge in [-0.1, -0.05) is 0 Å². The molecule has 1 aromatic rings. The number of amides is 2. The van der Waals surface area contributed by atoms with Gasteiger partial charge in [-0.3, -0.25) is 24.1 Å². The predicted octanol–water partition coefficient (Wildman–Crippen LogP) is -1.10. The molecule has 8 heteroatoms. The summed E-state index contributed by atoms with van der Waals surface area (Å²) in [5.74, 6) is 4.69. The number of nitrogens with two attached hydrogens (primary N) is 1. The van der Waals surface area contributed by atoms with E-state index in [-0.39, 0.29) is 30.0 Å². The van der Waals surface area contributed by atoms with Crippen LogP contribution >= 0.6 is 0 Å². The summed E-state index contributed by atoms with van der Waals surface area (Å²) >= 11 is 0. The number of hydrogen-bond acceptors (Lipinski definition) is 4. The first-order valence-corrected chi connectivity index (χ1v) is 7.10. The van der Waals surface area contributed by atoms with E-state index in [0.29, 0.717) is 32.5 Å². The smallest absolute Gasteiger partial charge is 0.328 e. The van der Waals surface area contributed by atoms with Gasteiger partial charge in [0, 0.05) is 37.9 Å². The standard InChI is InChI=1S/C13H21N5O3/c1-2-16-7-8-18(13(16)21)9-11(19)17-5-3-10(4-6-17)12(20)15-14/h7-8,10H,2-6,9,14H2,1H3,(H,15,20). The van der Waals surface area contributed by atoms with Crippen molar-refractivity contribution >= 4 is 11.8 Å². The summed E-state index contributed by atoms with van der Waals surface area (Å²) in [5, 5.41) is 0. The average Bonchev–Trinajstić information content (AvgIpc) is 2.87. The number of nitrogens with one attached hydrogen (secondary N) is 1. The van der Waals surface area contributed by atoms with Gasteiger partial charge in [-0.05, 0) is 19.8 Å². The van der Waals surface area contributed by atoms with Crippen LogP contribution < -0.4 is 17.0 Å². The number of rotatable bonds is 4. The summed E-state index contributed by atoms with van der Waals surface area (Å²) in [7, 11) is 0. The summed E-state index contributed by atoms with van der Waals surface area (Å²) < 4.78 is 2.95. The molecule has 21 heavy (non-hydrogen) atoms. The second-order valence-electron chi connectivity index (χ2n) is 5.16. The van der Waals surface area contributed by atoms with Gasteiger partial charge in [-0.2, -0.15) is 0 Å². The molecule has 0 atom stereocenters. The monoisotopic (exact) mass is 295 g/mol. The average molecular weight is 295 g/mol. The van der Waals surface area contributed by atoms with Crippen molar-refractivity contribution in [2.75, 3.05) is 13.1 Å². The molecule has 116 valence electrons. The van der Waals surface area contributed by atoms with E-state index < -0.39 is 0 Å². The highest BCUT2D eigenvalue weighted by molar-refractivity contribution is 5.79.